The number of halogens is 1. The second kappa shape index (κ2) is 10.0. The molecule has 39 heavy (non-hydrogen) atoms. The van der Waals surface area contributed by atoms with Crippen molar-refractivity contribution in [3.8, 4) is 5.82 Å². The molecule has 6 rings (SSSR count). The Morgan fingerprint density at radius 1 is 1.15 bits per heavy atom. The van der Waals surface area contributed by atoms with Crippen molar-refractivity contribution in [1.29, 1.82) is 0 Å². The number of pyridine rings is 1. The fourth-order valence-electron chi connectivity index (χ4n) is 5.31. The van der Waals surface area contributed by atoms with E-state index in [2.05, 4.69) is 61.1 Å². The van der Waals surface area contributed by atoms with Crippen LogP contribution in [0, 0.1) is 12.7 Å². The largest absolute Gasteiger partial charge is 0.395 e. The van der Waals surface area contributed by atoms with Gasteiger partial charge in [0.1, 0.15) is 11.4 Å². The van der Waals surface area contributed by atoms with E-state index in [1.165, 1.54) is 17.9 Å². The van der Waals surface area contributed by atoms with Crippen molar-refractivity contribution < 1.29 is 14.6 Å². The normalized spacial score (nSPS) is 15.4. The van der Waals surface area contributed by atoms with E-state index in [1.807, 2.05) is 6.07 Å². The van der Waals surface area contributed by atoms with Crippen LogP contribution in [0.3, 0.4) is 0 Å². The molecule has 0 saturated carbocycles. The van der Waals surface area contributed by atoms with Gasteiger partial charge in [0.2, 0.25) is 5.95 Å². The number of nitrogens with one attached hydrogen (secondary N) is 1. The highest BCUT2D eigenvalue weighted by Gasteiger charge is 2.22. The van der Waals surface area contributed by atoms with Gasteiger partial charge in [0.15, 0.2) is 11.5 Å². The number of β-amino-alcohol motifs (C(OH)–C–C–N with tert-alkyl or cyclic N) is 1. The van der Waals surface area contributed by atoms with Crippen LogP contribution in [0.25, 0.3) is 27.8 Å². The molecule has 1 aromatic carbocycles. The Kier molecular flexibility index (Phi) is 6.54. The highest BCUT2D eigenvalue weighted by atomic mass is 19.1. The Morgan fingerprint density at radius 3 is 2.74 bits per heavy atom. The zero-order chi connectivity index (χ0) is 27.1. The summed E-state index contributed by atoms with van der Waals surface area (Å²) in [5.74, 6) is 0.284. The number of benzene rings is 1. The topological polar surface area (TPSA) is 104 Å². The number of aliphatic hydroxyl groups excluding tert-OH is 1. The van der Waals surface area contributed by atoms with Gasteiger partial charge < -0.3 is 25.0 Å². The number of aromatic nitrogens is 5. The van der Waals surface area contributed by atoms with Crippen LogP contribution in [0.4, 0.5) is 16.0 Å². The molecule has 201 valence electrons. The van der Waals surface area contributed by atoms with Crippen molar-refractivity contribution in [2.75, 3.05) is 31.6 Å². The molecule has 1 saturated heterocycles. The van der Waals surface area contributed by atoms with Crippen molar-refractivity contribution in [3.63, 3.8) is 0 Å². The summed E-state index contributed by atoms with van der Waals surface area (Å²) in [4.78, 5) is 15.7. The minimum Gasteiger partial charge on any atom is -0.395 e. The standard InChI is InChI=1S/C29H31FN7O2/c1-29(2,39)25-4-3-5-26(33-25)37-18-23(30)22-17-31-28(34-27(22)37)32-20-6-7-24-19(16-20)8-13-36(24)21-9-11-35(12-10-21)14-15-38/h3-8,13,16-18,21,38-39H,1,9-12,14-15H2,2H3,(H,31,32,34). The van der Waals surface area contributed by atoms with Gasteiger partial charge in [-0.2, -0.15) is 4.98 Å². The molecule has 1 aliphatic heterocycles. The second-order valence-corrected chi connectivity index (χ2v) is 10.4. The molecule has 0 aliphatic carbocycles. The van der Waals surface area contributed by atoms with Crippen molar-refractivity contribution in [3.05, 3.63) is 79.5 Å². The Bertz CT molecular complexity index is 1630. The zero-order valence-corrected chi connectivity index (χ0v) is 21.8. The lowest BCUT2D eigenvalue weighted by atomic mass is 10.0. The first-order valence-corrected chi connectivity index (χ1v) is 13.1. The van der Waals surface area contributed by atoms with E-state index in [-0.39, 0.29) is 12.0 Å². The molecule has 1 fully saturated rings. The summed E-state index contributed by atoms with van der Waals surface area (Å²) < 4.78 is 18.6. The molecule has 10 heteroatoms. The lowest BCUT2D eigenvalue weighted by Gasteiger charge is -2.32. The van der Waals surface area contributed by atoms with Gasteiger partial charge in [0.25, 0.3) is 0 Å². The predicted octanol–water partition coefficient (Wildman–Crippen LogP) is 4.32. The van der Waals surface area contributed by atoms with Gasteiger partial charge in [-0.3, -0.25) is 4.57 Å². The Labute approximate surface area is 225 Å². The molecular formula is C29H31FN7O2. The minimum atomic E-state index is -1.38. The fraction of sp³-hybridized carbons (Fsp3) is 0.310. The highest BCUT2D eigenvalue weighted by Crippen LogP contribution is 2.30. The quantitative estimate of drug-likeness (QED) is 0.289. The molecule has 5 heterocycles. The lowest BCUT2D eigenvalue weighted by molar-refractivity contribution is 0.103. The third-order valence-electron chi connectivity index (χ3n) is 7.37. The maximum absolute atomic E-state index is 14.7. The maximum atomic E-state index is 14.7. The number of nitrogens with zero attached hydrogens (tertiary/aromatic N) is 6. The first-order valence-electron chi connectivity index (χ1n) is 13.1. The number of rotatable bonds is 7. The zero-order valence-electron chi connectivity index (χ0n) is 21.8. The minimum absolute atomic E-state index is 0.203. The molecule has 5 aromatic rings. The second-order valence-electron chi connectivity index (χ2n) is 10.4. The average molecular weight is 529 g/mol. The van der Waals surface area contributed by atoms with Gasteiger partial charge in [-0.25, -0.2) is 14.4 Å². The SMILES string of the molecule is [CH2]C(C)(O)c1cccc(-n2cc(F)c3cnc(Nc4ccc5c(ccn5C5CCN(CCO)CC5)c4)nc32)n1. The summed E-state index contributed by atoms with van der Waals surface area (Å²) in [6.45, 7) is 8.19. The number of aliphatic hydroxyl groups is 2. The third kappa shape index (κ3) is 4.98. The highest BCUT2D eigenvalue weighted by molar-refractivity contribution is 5.85. The van der Waals surface area contributed by atoms with E-state index in [4.69, 9.17) is 0 Å². The summed E-state index contributed by atoms with van der Waals surface area (Å²) in [7, 11) is 0. The van der Waals surface area contributed by atoms with Crippen LogP contribution >= 0.6 is 0 Å². The van der Waals surface area contributed by atoms with Crippen LogP contribution in [-0.2, 0) is 5.60 Å². The average Bonchev–Trinajstić information content (AvgIpc) is 3.49. The third-order valence-corrected chi connectivity index (χ3v) is 7.37. The van der Waals surface area contributed by atoms with Crippen LogP contribution in [0.15, 0.2) is 61.1 Å². The molecule has 0 bridgehead atoms. The monoisotopic (exact) mass is 528 g/mol. The van der Waals surface area contributed by atoms with Crippen LogP contribution in [0.5, 0.6) is 0 Å². The number of hydrogen-bond donors (Lipinski definition) is 3. The fourth-order valence-corrected chi connectivity index (χ4v) is 5.31. The lowest BCUT2D eigenvalue weighted by Crippen LogP contribution is -2.36. The van der Waals surface area contributed by atoms with E-state index in [0.29, 0.717) is 29.1 Å². The van der Waals surface area contributed by atoms with E-state index < -0.39 is 11.4 Å². The Hall–Kier alpha value is -3.86. The molecule has 4 aromatic heterocycles. The van der Waals surface area contributed by atoms with Crippen molar-refractivity contribution >= 4 is 33.6 Å². The van der Waals surface area contributed by atoms with Crippen LogP contribution in [0.2, 0.25) is 0 Å². The number of fused-ring (bicyclic) bond motifs is 2. The first-order chi connectivity index (χ1) is 18.8. The predicted molar refractivity (Wildman–Crippen MR) is 149 cm³/mol. The summed E-state index contributed by atoms with van der Waals surface area (Å²) in [6.07, 6.45) is 7.02. The summed E-state index contributed by atoms with van der Waals surface area (Å²) in [5.41, 5.74) is 1.34. The summed E-state index contributed by atoms with van der Waals surface area (Å²) in [5, 5.41) is 24.1. The first kappa shape index (κ1) is 25.4. The smallest absolute Gasteiger partial charge is 0.229 e. The van der Waals surface area contributed by atoms with Gasteiger partial charge in [0.05, 0.1) is 17.7 Å². The molecular weight excluding hydrogens is 497 g/mol. The number of anilines is 2. The maximum Gasteiger partial charge on any atom is 0.229 e. The van der Waals surface area contributed by atoms with Crippen molar-refractivity contribution in [2.24, 2.45) is 0 Å². The molecule has 9 nitrogen and oxygen atoms in total. The molecule has 1 aliphatic rings. The molecule has 3 N–H and O–H groups in total. The van der Waals surface area contributed by atoms with E-state index >= 15 is 0 Å². The van der Waals surface area contributed by atoms with Gasteiger partial charge in [0, 0.05) is 60.9 Å². The number of likely N-dealkylation sites (tertiary alicyclic amines) is 1. The molecule has 1 unspecified atom stereocenters. The molecule has 0 amide bonds. The van der Waals surface area contributed by atoms with Crippen LogP contribution < -0.4 is 5.32 Å². The van der Waals surface area contributed by atoms with Crippen molar-refractivity contribution in [2.45, 2.75) is 31.4 Å². The number of piperidine rings is 1. The van der Waals surface area contributed by atoms with Gasteiger partial charge in [-0.1, -0.05) is 6.07 Å². The summed E-state index contributed by atoms with van der Waals surface area (Å²) >= 11 is 0. The van der Waals surface area contributed by atoms with E-state index in [9.17, 15) is 14.6 Å². The Balaban J connectivity index is 1.26. The van der Waals surface area contributed by atoms with Gasteiger partial charge in [-0.15, -0.1) is 0 Å². The molecule has 1 radical (unpaired) electrons. The van der Waals surface area contributed by atoms with E-state index in [1.54, 1.807) is 29.7 Å². The van der Waals surface area contributed by atoms with Gasteiger partial charge >= 0.3 is 0 Å². The molecule has 1 atom stereocenters. The van der Waals surface area contributed by atoms with Gasteiger partial charge in [-0.05, 0) is 63.1 Å². The van der Waals surface area contributed by atoms with Crippen LogP contribution in [-0.4, -0.2) is 65.4 Å². The van der Waals surface area contributed by atoms with Crippen molar-refractivity contribution in [1.82, 2.24) is 29.0 Å². The van der Waals surface area contributed by atoms with E-state index in [0.717, 1.165) is 43.5 Å². The molecule has 0 spiro atoms. The summed E-state index contributed by atoms with van der Waals surface area (Å²) in [6, 6.07) is 13.8. The Morgan fingerprint density at radius 2 is 1.97 bits per heavy atom. The number of hydrogen-bond acceptors (Lipinski definition) is 7. The van der Waals surface area contributed by atoms with Crippen LogP contribution in [0.1, 0.15) is 31.5 Å².